The number of rotatable bonds is 7. The first-order valence-electron chi connectivity index (χ1n) is 10.2. The molecular formula is C21H24F2N4O4S. The van der Waals surface area contributed by atoms with Crippen molar-refractivity contribution in [3.05, 3.63) is 58.4 Å². The molecular weight excluding hydrogens is 442 g/mol. The van der Waals surface area contributed by atoms with Gasteiger partial charge in [-0.05, 0) is 25.0 Å². The molecule has 0 N–H and O–H groups in total. The van der Waals surface area contributed by atoms with Crippen molar-refractivity contribution in [2.24, 2.45) is 5.41 Å². The van der Waals surface area contributed by atoms with Crippen LogP contribution in [0.3, 0.4) is 0 Å². The fraction of sp³-hybridized carbons (Fsp3) is 0.429. The first-order chi connectivity index (χ1) is 15.1. The zero-order valence-electron chi connectivity index (χ0n) is 17.6. The van der Waals surface area contributed by atoms with Gasteiger partial charge in [0.25, 0.3) is 0 Å². The van der Waals surface area contributed by atoms with Gasteiger partial charge >= 0.3 is 5.56 Å². The number of anilines is 1. The molecule has 1 aliphatic carbocycles. The maximum Gasteiger partial charge on any atom is 0.316 e. The van der Waals surface area contributed by atoms with Crippen molar-refractivity contribution in [2.75, 3.05) is 37.7 Å². The van der Waals surface area contributed by atoms with E-state index in [0.717, 1.165) is 35.1 Å². The molecule has 1 aliphatic heterocycles. The first kappa shape index (κ1) is 22.4. The molecule has 0 bridgehead atoms. The summed E-state index contributed by atoms with van der Waals surface area (Å²) in [6, 6.07) is 2.75. The van der Waals surface area contributed by atoms with Gasteiger partial charge in [-0.15, -0.1) is 0 Å². The quantitative estimate of drug-likeness (QED) is 0.623. The van der Waals surface area contributed by atoms with Gasteiger partial charge in [-0.25, -0.2) is 17.2 Å². The molecule has 2 aliphatic rings. The summed E-state index contributed by atoms with van der Waals surface area (Å²) in [4.78, 5) is 15.1. The Bertz CT molecular complexity index is 1180. The van der Waals surface area contributed by atoms with E-state index in [1.165, 1.54) is 10.5 Å². The fourth-order valence-electron chi connectivity index (χ4n) is 3.53. The van der Waals surface area contributed by atoms with Gasteiger partial charge in [0, 0.05) is 43.1 Å². The van der Waals surface area contributed by atoms with Crippen LogP contribution in [0.25, 0.3) is 5.69 Å². The summed E-state index contributed by atoms with van der Waals surface area (Å²) in [5.41, 5.74) is -0.288. The minimum atomic E-state index is -3.53. The van der Waals surface area contributed by atoms with Crippen LogP contribution in [-0.4, -0.2) is 55.3 Å². The largest absolute Gasteiger partial charge is 0.486 e. The summed E-state index contributed by atoms with van der Waals surface area (Å²) in [5, 5.41) is 5.02. The second-order valence-corrected chi connectivity index (χ2v) is 10.3. The van der Waals surface area contributed by atoms with Crippen molar-refractivity contribution in [2.45, 2.75) is 19.8 Å². The highest BCUT2D eigenvalue weighted by atomic mass is 32.2. The van der Waals surface area contributed by atoms with Crippen LogP contribution in [0.4, 0.5) is 14.5 Å². The molecule has 1 saturated carbocycles. The Morgan fingerprint density at radius 2 is 1.78 bits per heavy atom. The Kier molecular flexibility index (Phi) is 5.80. The Balaban J connectivity index is 1.68. The van der Waals surface area contributed by atoms with E-state index < -0.39 is 27.2 Å². The molecule has 8 nitrogen and oxygen atoms in total. The Hall–Kier alpha value is -2.79. The highest BCUT2D eigenvalue weighted by Gasteiger charge is 2.39. The van der Waals surface area contributed by atoms with Crippen LogP contribution in [-0.2, 0) is 10.0 Å². The maximum absolute atomic E-state index is 13.7. The number of hydrogen-bond donors (Lipinski definition) is 0. The number of sulfonamides is 1. The smallest absolute Gasteiger partial charge is 0.316 e. The highest BCUT2D eigenvalue weighted by molar-refractivity contribution is 7.92. The predicted octanol–water partition coefficient (Wildman–Crippen LogP) is 2.28. The highest BCUT2D eigenvalue weighted by Crippen LogP contribution is 2.45. The van der Waals surface area contributed by atoms with Crippen LogP contribution in [0.5, 0.6) is 5.75 Å². The lowest BCUT2D eigenvalue weighted by Crippen LogP contribution is -2.48. The number of piperazine rings is 1. The van der Waals surface area contributed by atoms with E-state index in [1.54, 1.807) is 0 Å². The standard InChI is InChI=1S/C21H24F2N4O4S/c1-3-32(29,30)26-8-6-25(7-9-26)18-13-24-27(17-11-15(22)10-16(23)12-17)20(28)19(18)31-14-21(2)4-5-21/h3,10-13H,1,4-9,14H2,2H3. The minimum Gasteiger partial charge on any atom is -0.486 e. The zero-order valence-corrected chi connectivity index (χ0v) is 18.4. The topological polar surface area (TPSA) is 84.7 Å². The van der Waals surface area contributed by atoms with Crippen LogP contribution in [0.15, 0.2) is 41.2 Å². The summed E-state index contributed by atoms with van der Waals surface area (Å²) >= 11 is 0. The molecule has 1 aromatic heterocycles. The Labute approximate surface area is 184 Å². The third kappa shape index (κ3) is 4.53. The van der Waals surface area contributed by atoms with Gasteiger partial charge in [-0.2, -0.15) is 14.1 Å². The molecule has 1 aromatic carbocycles. The van der Waals surface area contributed by atoms with Gasteiger partial charge < -0.3 is 9.64 Å². The van der Waals surface area contributed by atoms with Gasteiger partial charge in [-0.3, -0.25) is 4.79 Å². The van der Waals surface area contributed by atoms with Crippen molar-refractivity contribution in [1.82, 2.24) is 14.1 Å². The lowest BCUT2D eigenvalue weighted by atomic mass is 10.2. The fourth-order valence-corrected chi connectivity index (χ4v) is 4.41. The van der Waals surface area contributed by atoms with Gasteiger partial charge in [0.15, 0.2) is 0 Å². The monoisotopic (exact) mass is 466 g/mol. The normalized spacial score (nSPS) is 18.4. The second kappa shape index (κ2) is 8.28. The lowest BCUT2D eigenvalue weighted by Gasteiger charge is -2.35. The Morgan fingerprint density at radius 3 is 2.34 bits per heavy atom. The number of aromatic nitrogens is 2. The molecule has 4 rings (SSSR count). The molecule has 2 heterocycles. The third-order valence-electron chi connectivity index (χ3n) is 5.82. The van der Waals surface area contributed by atoms with Gasteiger partial charge in [0.1, 0.15) is 17.3 Å². The van der Waals surface area contributed by atoms with Gasteiger partial charge in [-0.1, -0.05) is 13.5 Å². The zero-order chi connectivity index (χ0) is 23.1. The molecule has 2 fully saturated rings. The van der Waals surface area contributed by atoms with E-state index in [0.29, 0.717) is 31.5 Å². The average Bonchev–Trinajstić information content (AvgIpc) is 3.49. The molecule has 32 heavy (non-hydrogen) atoms. The van der Waals surface area contributed by atoms with Crippen LogP contribution in [0, 0.1) is 17.0 Å². The molecule has 172 valence electrons. The summed E-state index contributed by atoms with van der Waals surface area (Å²) in [6.07, 6.45) is 3.37. The van der Waals surface area contributed by atoms with Gasteiger partial charge in [0.05, 0.1) is 18.5 Å². The van der Waals surface area contributed by atoms with Crippen LogP contribution in [0.2, 0.25) is 0 Å². The minimum absolute atomic E-state index is 0.0144. The average molecular weight is 467 g/mol. The predicted molar refractivity (Wildman–Crippen MR) is 115 cm³/mol. The van der Waals surface area contributed by atoms with E-state index in [2.05, 4.69) is 11.7 Å². The molecule has 0 unspecified atom stereocenters. The maximum atomic E-state index is 13.7. The molecule has 2 aromatic rings. The van der Waals surface area contributed by atoms with E-state index in [1.807, 2.05) is 11.8 Å². The van der Waals surface area contributed by atoms with E-state index in [-0.39, 0.29) is 29.9 Å². The van der Waals surface area contributed by atoms with E-state index in [4.69, 9.17) is 4.74 Å². The van der Waals surface area contributed by atoms with Crippen molar-refractivity contribution in [3.63, 3.8) is 0 Å². The lowest BCUT2D eigenvalue weighted by molar-refractivity contribution is 0.242. The van der Waals surface area contributed by atoms with E-state index in [9.17, 15) is 22.0 Å². The number of hydrogen-bond acceptors (Lipinski definition) is 6. The van der Waals surface area contributed by atoms with Crippen LogP contribution in [0.1, 0.15) is 19.8 Å². The van der Waals surface area contributed by atoms with E-state index >= 15 is 0 Å². The summed E-state index contributed by atoms with van der Waals surface area (Å²) in [5.74, 6) is -1.63. The van der Waals surface area contributed by atoms with Crippen LogP contribution >= 0.6 is 0 Å². The molecule has 11 heteroatoms. The SMILES string of the molecule is C=CS(=O)(=O)N1CCN(c2cnn(-c3cc(F)cc(F)c3)c(=O)c2OCC2(C)CC2)CC1. The van der Waals surface area contributed by atoms with Crippen molar-refractivity contribution >= 4 is 15.7 Å². The second-order valence-electron chi connectivity index (χ2n) is 8.40. The number of ether oxygens (including phenoxy) is 1. The molecule has 0 radical (unpaired) electrons. The number of halogens is 2. The molecule has 1 saturated heterocycles. The van der Waals surface area contributed by atoms with Crippen molar-refractivity contribution < 1.29 is 21.9 Å². The number of benzene rings is 1. The molecule has 0 spiro atoms. The van der Waals surface area contributed by atoms with Crippen molar-refractivity contribution in [3.8, 4) is 11.4 Å². The van der Waals surface area contributed by atoms with Crippen molar-refractivity contribution in [1.29, 1.82) is 0 Å². The third-order valence-corrected chi connectivity index (χ3v) is 7.33. The molecule has 0 amide bonds. The Morgan fingerprint density at radius 1 is 1.16 bits per heavy atom. The summed E-state index contributed by atoms with van der Waals surface area (Å²) < 4.78 is 59.6. The number of nitrogens with zero attached hydrogens (tertiary/aromatic N) is 4. The van der Waals surface area contributed by atoms with Gasteiger partial charge in [0.2, 0.25) is 15.8 Å². The molecule has 0 atom stereocenters. The summed E-state index contributed by atoms with van der Waals surface area (Å²) in [6.45, 7) is 6.78. The summed E-state index contributed by atoms with van der Waals surface area (Å²) in [7, 11) is -3.53. The van der Waals surface area contributed by atoms with Crippen LogP contribution < -0.4 is 15.2 Å². The first-order valence-corrected chi connectivity index (χ1v) is 11.7.